The fourth-order valence-corrected chi connectivity index (χ4v) is 1.01. The van der Waals surface area contributed by atoms with Gasteiger partial charge in [0.05, 0.1) is 6.54 Å². The molecule has 0 aromatic heterocycles. The average molecular weight is 153 g/mol. The van der Waals surface area contributed by atoms with Gasteiger partial charge < -0.3 is 5.73 Å². The van der Waals surface area contributed by atoms with Gasteiger partial charge in [-0.3, -0.25) is 0 Å². The number of unbranched alkanes of at least 4 members (excludes halogenated alkanes) is 2. The van der Waals surface area contributed by atoms with Crippen LogP contribution in [-0.4, -0.2) is 6.54 Å². The topological polar surface area (TPSA) is 26.0 Å². The van der Waals surface area contributed by atoms with Crippen molar-refractivity contribution in [1.29, 1.82) is 0 Å². The van der Waals surface area contributed by atoms with Crippen molar-refractivity contribution in [3.8, 4) is 11.8 Å². The zero-order chi connectivity index (χ0) is 8.53. The molecule has 0 bridgehead atoms. The minimum atomic E-state index is 0.498. The Morgan fingerprint density at radius 3 is 2.64 bits per heavy atom. The van der Waals surface area contributed by atoms with E-state index in [4.69, 9.17) is 5.73 Å². The Bertz CT molecular complexity index is 130. The third-order valence-corrected chi connectivity index (χ3v) is 1.69. The van der Waals surface area contributed by atoms with E-state index in [0.717, 1.165) is 0 Å². The van der Waals surface area contributed by atoms with Crippen LogP contribution in [0.1, 0.15) is 39.5 Å². The molecule has 1 nitrogen and oxygen atoms in total. The van der Waals surface area contributed by atoms with E-state index in [-0.39, 0.29) is 0 Å². The zero-order valence-corrected chi connectivity index (χ0v) is 7.69. The second kappa shape index (κ2) is 7.63. The van der Waals surface area contributed by atoms with Gasteiger partial charge in [0.15, 0.2) is 0 Å². The van der Waals surface area contributed by atoms with Crippen LogP contribution < -0.4 is 5.73 Å². The summed E-state index contributed by atoms with van der Waals surface area (Å²) in [6.07, 6.45) is 5.14. The van der Waals surface area contributed by atoms with Crippen LogP contribution in [0.5, 0.6) is 0 Å². The van der Waals surface area contributed by atoms with Crippen LogP contribution in [0.15, 0.2) is 0 Å². The highest BCUT2D eigenvalue weighted by Gasteiger charge is 1.94. The Morgan fingerprint density at radius 2 is 2.09 bits per heavy atom. The Hall–Kier alpha value is -0.480. The Kier molecular flexibility index (Phi) is 7.29. The molecule has 0 amide bonds. The highest BCUT2D eigenvalue weighted by atomic mass is 14.5. The normalized spacial score (nSPS) is 11.9. The van der Waals surface area contributed by atoms with Crippen LogP contribution in [0.2, 0.25) is 0 Å². The second-order valence-corrected chi connectivity index (χ2v) is 2.92. The molecule has 0 fully saturated rings. The van der Waals surface area contributed by atoms with Crippen molar-refractivity contribution in [2.45, 2.75) is 39.5 Å². The molecule has 0 saturated carbocycles. The van der Waals surface area contributed by atoms with E-state index in [1.54, 1.807) is 0 Å². The monoisotopic (exact) mass is 153 g/mol. The van der Waals surface area contributed by atoms with Crippen molar-refractivity contribution in [1.82, 2.24) is 0 Å². The van der Waals surface area contributed by atoms with Gasteiger partial charge in [0, 0.05) is 5.92 Å². The van der Waals surface area contributed by atoms with Crippen LogP contribution in [0, 0.1) is 17.8 Å². The summed E-state index contributed by atoms with van der Waals surface area (Å²) in [6.45, 7) is 4.88. The molecule has 0 aromatic carbocycles. The highest BCUT2D eigenvalue weighted by Crippen LogP contribution is 2.07. The highest BCUT2D eigenvalue weighted by molar-refractivity contribution is 5.03. The number of nitrogens with two attached hydrogens (primary N) is 1. The van der Waals surface area contributed by atoms with Crippen molar-refractivity contribution in [3.63, 3.8) is 0 Å². The maximum atomic E-state index is 5.26. The van der Waals surface area contributed by atoms with Crippen molar-refractivity contribution in [2.75, 3.05) is 6.54 Å². The minimum Gasteiger partial charge on any atom is -0.320 e. The molecular weight excluding hydrogens is 134 g/mol. The summed E-state index contributed by atoms with van der Waals surface area (Å²) in [4.78, 5) is 0. The maximum Gasteiger partial charge on any atom is 0.0551 e. The second-order valence-electron chi connectivity index (χ2n) is 2.92. The molecule has 0 unspecified atom stereocenters. The first-order valence-corrected chi connectivity index (χ1v) is 4.49. The number of hydrogen-bond acceptors (Lipinski definition) is 1. The smallest absolute Gasteiger partial charge is 0.0551 e. The molecule has 64 valence electrons. The Labute approximate surface area is 70.4 Å². The van der Waals surface area contributed by atoms with Crippen molar-refractivity contribution >= 4 is 0 Å². The summed E-state index contributed by atoms with van der Waals surface area (Å²) >= 11 is 0. The molecule has 0 heterocycles. The SMILES string of the molecule is CCCCC[C@@H](C)C#CCN. The van der Waals surface area contributed by atoms with Gasteiger partial charge >= 0.3 is 0 Å². The van der Waals surface area contributed by atoms with E-state index in [9.17, 15) is 0 Å². The van der Waals surface area contributed by atoms with Crippen molar-refractivity contribution in [2.24, 2.45) is 11.7 Å². The van der Waals surface area contributed by atoms with Gasteiger partial charge in [0.1, 0.15) is 0 Å². The van der Waals surface area contributed by atoms with Gasteiger partial charge in [0.25, 0.3) is 0 Å². The lowest BCUT2D eigenvalue weighted by molar-refractivity contribution is 0.588. The molecule has 0 radical (unpaired) electrons. The molecule has 0 rings (SSSR count). The third kappa shape index (κ3) is 7.42. The Balaban J connectivity index is 3.29. The molecule has 2 N–H and O–H groups in total. The predicted molar refractivity (Wildman–Crippen MR) is 50.1 cm³/mol. The van der Waals surface area contributed by atoms with E-state index < -0.39 is 0 Å². The predicted octanol–water partition coefficient (Wildman–Crippen LogP) is 2.16. The molecule has 0 saturated heterocycles. The number of hydrogen-bond donors (Lipinski definition) is 1. The summed E-state index contributed by atoms with van der Waals surface area (Å²) in [5.41, 5.74) is 5.26. The van der Waals surface area contributed by atoms with Gasteiger partial charge in [-0.15, -0.1) is 0 Å². The first-order chi connectivity index (χ1) is 5.31. The van der Waals surface area contributed by atoms with Crippen molar-refractivity contribution < 1.29 is 0 Å². The van der Waals surface area contributed by atoms with E-state index in [1.165, 1.54) is 25.7 Å². The van der Waals surface area contributed by atoms with Gasteiger partial charge in [-0.25, -0.2) is 0 Å². The van der Waals surface area contributed by atoms with Crippen LogP contribution >= 0.6 is 0 Å². The van der Waals surface area contributed by atoms with Gasteiger partial charge in [-0.1, -0.05) is 45.0 Å². The molecule has 0 aliphatic carbocycles. The zero-order valence-electron chi connectivity index (χ0n) is 7.69. The van der Waals surface area contributed by atoms with Crippen LogP contribution in [0.25, 0.3) is 0 Å². The van der Waals surface area contributed by atoms with Gasteiger partial charge in [0.2, 0.25) is 0 Å². The Morgan fingerprint density at radius 1 is 1.36 bits per heavy atom. The van der Waals surface area contributed by atoms with E-state index in [0.29, 0.717) is 12.5 Å². The lowest BCUT2D eigenvalue weighted by Gasteiger charge is -2.01. The van der Waals surface area contributed by atoms with E-state index in [1.807, 2.05) is 0 Å². The molecule has 0 aromatic rings. The van der Waals surface area contributed by atoms with Crippen LogP contribution in [-0.2, 0) is 0 Å². The standard InChI is InChI=1S/C10H19N/c1-3-4-5-7-10(2)8-6-9-11/h10H,3-5,7,9,11H2,1-2H3/t10-/m1/s1. The molecule has 0 aliphatic heterocycles. The summed E-state index contributed by atoms with van der Waals surface area (Å²) in [5, 5.41) is 0. The lowest BCUT2D eigenvalue weighted by Crippen LogP contribution is -1.96. The quantitative estimate of drug-likeness (QED) is 0.486. The minimum absolute atomic E-state index is 0.498. The molecule has 11 heavy (non-hydrogen) atoms. The van der Waals surface area contributed by atoms with E-state index >= 15 is 0 Å². The fourth-order valence-electron chi connectivity index (χ4n) is 1.01. The average Bonchev–Trinajstić information content (AvgIpc) is 2.01. The summed E-state index contributed by atoms with van der Waals surface area (Å²) in [5.74, 6) is 6.55. The molecular formula is C10H19N. The third-order valence-electron chi connectivity index (χ3n) is 1.69. The van der Waals surface area contributed by atoms with Gasteiger partial charge in [-0.2, -0.15) is 0 Å². The molecule has 1 heteroatoms. The van der Waals surface area contributed by atoms with Crippen LogP contribution in [0.4, 0.5) is 0 Å². The van der Waals surface area contributed by atoms with Gasteiger partial charge in [-0.05, 0) is 6.42 Å². The summed E-state index contributed by atoms with van der Waals surface area (Å²) in [6, 6.07) is 0. The first kappa shape index (κ1) is 10.5. The maximum absolute atomic E-state index is 5.26. The summed E-state index contributed by atoms with van der Waals surface area (Å²) < 4.78 is 0. The van der Waals surface area contributed by atoms with Crippen LogP contribution in [0.3, 0.4) is 0 Å². The molecule has 0 aliphatic rings. The molecule has 0 spiro atoms. The lowest BCUT2D eigenvalue weighted by atomic mass is 10.0. The first-order valence-electron chi connectivity index (χ1n) is 4.49. The molecule has 1 atom stereocenters. The van der Waals surface area contributed by atoms with E-state index in [2.05, 4.69) is 25.7 Å². The fraction of sp³-hybridized carbons (Fsp3) is 0.800. The summed E-state index contributed by atoms with van der Waals surface area (Å²) in [7, 11) is 0. The largest absolute Gasteiger partial charge is 0.320 e. The number of rotatable bonds is 4. The van der Waals surface area contributed by atoms with Crippen molar-refractivity contribution in [3.05, 3.63) is 0 Å².